The number of nitrogens with zero attached hydrogens (tertiary/aromatic N) is 3. The summed E-state index contributed by atoms with van der Waals surface area (Å²) in [7, 11) is 1.51. The van der Waals surface area contributed by atoms with Crippen molar-refractivity contribution in [2.45, 2.75) is 19.3 Å². The van der Waals surface area contributed by atoms with Crippen LogP contribution in [0.4, 0.5) is 5.69 Å². The molecule has 31 heavy (non-hydrogen) atoms. The van der Waals surface area contributed by atoms with Crippen LogP contribution in [0.2, 0.25) is 0 Å². The van der Waals surface area contributed by atoms with Crippen LogP contribution in [0.5, 0.6) is 0 Å². The van der Waals surface area contributed by atoms with Gasteiger partial charge in [-0.2, -0.15) is 0 Å². The molecule has 1 fully saturated rings. The molecule has 1 aromatic carbocycles. The Balaban J connectivity index is 1.44. The SMILES string of the molecule is Cn1cc(C(=O)N2CCCC2)cc(NC(=O)CCN2C(=O)c3ccccc3C2=O)c1=O. The number of nitrogens with one attached hydrogen (secondary N) is 1. The maximum absolute atomic E-state index is 12.6. The monoisotopic (exact) mass is 422 g/mol. The first kappa shape index (κ1) is 20.5. The summed E-state index contributed by atoms with van der Waals surface area (Å²) in [6, 6.07) is 7.87. The highest BCUT2D eigenvalue weighted by Gasteiger charge is 2.35. The first-order valence-corrected chi connectivity index (χ1v) is 10.1. The van der Waals surface area contributed by atoms with Crippen LogP contribution in [0.15, 0.2) is 41.3 Å². The van der Waals surface area contributed by atoms with Crippen LogP contribution < -0.4 is 10.9 Å². The van der Waals surface area contributed by atoms with Crippen molar-refractivity contribution in [3.05, 3.63) is 63.6 Å². The number of anilines is 1. The van der Waals surface area contributed by atoms with Crippen LogP contribution in [0.25, 0.3) is 0 Å². The van der Waals surface area contributed by atoms with Gasteiger partial charge < -0.3 is 14.8 Å². The van der Waals surface area contributed by atoms with Crippen molar-refractivity contribution < 1.29 is 19.2 Å². The average molecular weight is 422 g/mol. The summed E-state index contributed by atoms with van der Waals surface area (Å²) in [5, 5.41) is 2.52. The van der Waals surface area contributed by atoms with Gasteiger partial charge in [-0.25, -0.2) is 0 Å². The molecular formula is C22H22N4O5. The largest absolute Gasteiger partial charge is 0.339 e. The van der Waals surface area contributed by atoms with Crippen LogP contribution in [0.3, 0.4) is 0 Å². The summed E-state index contributed by atoms with van der Waals surface area (Å²) in [4.78, 5) is 65.1. The van der Waals surface area contributed by atoms with Crippen molar-refractivity contribution in [3.63, 3.8) is 0 Å². The molecule has 1 aromatic heterocycles. The van der Waals surface area contributed by atoms with Crippen molar-refractivity contribution in [2.75, 3.05) is 25.0 Å². The van der Waals surface area contributed by atoms with E-state index in [1.807, 2.05) is 0 Å². The summed E-state index contributed by atoms with van der Waals surface area (Å²) >= 11 is 0. The van der Waals surface area contributed by atoms with E-state index in [-0.39, 0.29) is 24.6 Å². The van der Waals surface area contributed by atoms with Gasteiger partial charge in [0.1, 0.15) is 5.69 Å². The Morgan fingerprint density at radius 2 is 1.61 bits per heavy atom. The lowest BCUT2D eigenvalue weighted by Crippen LogP contribution is -2.34. The molecule has 0 spiro atoms. The third-order valence-electron chi connectivity index (χ3n) is 5.54. The maximum Gasteiger partial charge on any atom is 0.274 e. The molecule has 0 aliphatic carbocycles. The molecule has 0 saturated carbocycles. The fourth-order valence-electron chi connectivity index (χ4n) is 3.89. The molecule has 4 amide bonds. The number of hydrogen-bond donors (Lipinski definition) is 1. The van der Waals surface area contributed by atoms with E-state index in [1.165, 1.54) is 23.9 Å². The second-order valence-electron chi connectivity index (χ2n) is 7.66. The fraction of sp³-hybridized carbons (Fsp3) is 0.318. The van der Waals surface area contributed by atoms with E-state index in [1.54, 1.807) is 29.2 Å². The number of pyridine rings is 1. The van der Waals surface area contributed by atoms with Crippen LogP contribution in [0.1, 0.15) is 50.3 Å². The molecule has 0 atom stereocenters. The summed E-state index contributed by atoms with van der Waals surface area (Å²) in [5.74, 6) is -1.60. The van der Waals surface area contributed by atoms with Crippen LogP contribution in [-0.4, -0.2) is 57.6 Å². The highest BCUT2D eigenvalue weighted by atomic mass is 16.2. The van der Waals surface area contributed by atoms with Crippen molar-refractivity contribution in [3.8, 4) is 0 Å². The summed E-state index contributed by atoms with van der Waals surface area (Å²) in [6.45, 7) is 1.23. The van der Waals surface area contributed by atoms with Gasteiger partial charge in [-0.3, -0.25) is 28.9 Å². The zero-order chi connectivity index (χ0) is 22.1. The standard InChI is InChI=1S/C22H22N4O5/c1-24-13-14(19(28)25-9-4-5-10-25)12-17(22(24)31)23-18(27)8-11-26-20(29)15-6-2-3-7-16(15)21(26)30/h2-3,6-7,12-13H,4-5,8-11H2,1H3,(H,23,27). The zero-order valence-corrected chi connectivity index (χ0v) is 17.1. The van der Waals surface area contributed by atoms with Gasteiger partial charge in [0.05, 0.1) is 16.7 Å². The number of carbonyl (C=O) groups excluding carboxylic acids is 4. The fourth-order valence-corrected chi connectivity index (χ4v) is 3.89. The number of hydrogen-bond acceptors (Lipinski definition) is 5. The number of imide groups is 1. The first-order chi connectivity index (χ1) is 14.9. The van der Waals surface area contributed by atoms with Crippen LogP contribution in [-0.2, 0) is 11.8 Å². The van der Waals surface area contributed by atoms with Crippen molar-refractivity contribution in [1.29, 1.82) is 0 Å². The molecule has 0 unspecified atom stereocenters. The summed E-state index contributed by atoms with van der Waals surface area (Å²) in [5.41, 5.74) is 0.483. The van der Waals surface area contributed by atoms with E-state index < -0.39 is 23.3 Å². The minimum Gasteiger partial charge on any atom is -0.339 e. The Hall–Kier alpha value is -3.75. The lowest BCUT2D eigenvalue weighted by molar-refractivity contribution is -0.116. The quantitative estimate of drug-likeness (QED) is 0.730. The Morgan fingerprint density at radius 3 is 2.23 bits per heavy atom. The van der Waals surface area contributed by atoms with E-state index in [4.69, 9.17) is 0 Å². The molecule has 2 aromatic rings. The van der Waals surface area contributed by atoms with Gasteiger partial charge in [-0.15, -0.1) is 0 Å². The van der Waals surface area contributed by atoms with Crippen LogP contribution >= 0.6 is 0 Å². The number of amides is 4. The lowest BCUT2D eigenvalue weighted by atomic mass is 10.1. The minimum atomic E-state index is -0.528. The smallest absolute Gasteiger partial charge is 0.274 e. The third kappa shape index (κ3) is 3.86. The molecule has 1 N–H and O–H groups in total. The van der Waals surface area contributed by atoms with Crippen LogP contribution in [0, 0.1) is 0 Å². The molecule has 2 aliphatic heterocycles. The Morgan fingerprint density at radius 1 is 1.00 bits per heavy atom. The van der Waals surface area contributed by atoms with Crippen molar-refractivity contribution in [1.82, 2.24) is 14.4 Å². The number of fused-ring (bicyclic) bond motifs is 1. The van der Waals surface area contributed by atoms with Gasteiger partial charge in [0.15, 0.2) is 0 Å². The van der Waals surface area contributed by atoms with Gasteiger partial charge in [0, 0.05) is 39.3 Å². The second kappa shape index (κ2) is 8.17. The van der Waals surface area contributed by atoms with Gasteiger partial charge in [-0.1, -0.05) is 12.1 Å². The van der Waals surface area contributed by atoms with E-state index in [9.17, 15) is 24.0 Å². The number of aryl methyl sites for hydroxylation is 1. The minimum absolute atomic E-state index is 0.0140. The summed E-state index contributed by atoms with van der Waals surface area (Å²) in [6.07, 6.45) is 3.17. The number of likely N-dealkylation sites (tertiary alicyclic amines) is 1. The topological polar surface area (TPSA) is 109 Å². The number of aromatic nitrogens is 1. The highest BCUT2D eigenvalue weighted by molar-refractivity contribution is 6.21. The second-order valence-corrected chi connectivity index (χ2v) is 7.66. The van der Waals surface area contributed by atoms with Crippen molar-refractivity contribution in [2.24, 2.45) is 7.05 Å². The number of rotatable bonds is 5. The molecule has 0 radical (unpaired) electrons. The summed E-state index contributed by atoms with van der Waals surface area (Å²) < 4.78 is 1.25. The van der Waals surface area contributed by atoms with Gasteiger partial charge in [0.25, 0.3) is 23.3 Å². The maximum atomic E-state index is 12.6. The molecule has 9 nitrogen and oxygen atoms in total. The van der Waals surface area contributed by atoms with Gasteiger partial charge in [-0.05, 0) is 31.0 Å². The van der Waals surface area contributed by atoms with E-state index in [2.05, 4.69) is 5.32 Å². The molecule has 2 aliphatic rings. The predicted molar refractivity (Wildman–Crippen MR) is 112 cm³/mol. The predicted octanol–water partition coefficient (Wildman–Crippen LogP) is 1.25. The van der Waals surface area contributed by atoms with E-state index in [0.29, 0.717) is 29.8 Å². The zero-order valence-electron chi connectivity index (χ0n) is 17.1. The molecule has 9 heteroatoms. The highest BCUT2D eigenvalue weighted by Crippen LogP contribution is 2.22. The number of benzene rings is 1. The molecular weight excluding hydrogens is 400 g/mol. The molecule has 4 rings (SSSR count). The van der Waals surface area contributed by atoms with Gasteiger partial charge in [0.2, 0.25) is 5.91 Å². The normalized spacial score (nSPS) is 15.4. The molecule has 0 bridgehead atoms. The Bertz CT molecular complexity index is 1110. The van der Waals surface area contributed by atoms with Crippen molar-refractivity contribution >= 4 is 29.3 Å². The lowest BCUT2D eigenvalue weighted by Gasteiger charge is -2.17. The number of carbonyl (C=O) groups is 4. The van der Waals surface area contributed by atoms with E-state index >= 15 is 0 Å². The third-order valence-corrected chi connectivity index (χ3v) is 5.54. The Labute approximate surface area is 178 Å². The van der Waals surface area contributed by atoms with Gasteiger partial charge >= 0.3 is 0 Å². The average Bonchev–Trinajstić information content (AvgIpc) is 3.38. The molecule has 1 saturated heterocycles. The molecule has 3 heterocycles. The Kier molecular flexibility index (Phi) is 5.41. The van der Waals surface area contributed by atoms with E-state index in [0.717, 1.165) is 17.7 Å². The molecule has 160 valence electrons. The first-order valence-electron chi connectivity index (χ1n) is 10.1.